The Morgan fingerprint density at radius 2 is 1.86 bits per heavy atom. The zero-order valence-corrected chi connectivity index (χ0v) is 16.5. The van der Waals surface area contributed by atoms with Crippen molar-refractivity contribution in [3.05, 3.63) is 104 Å². The number of rotatable bonds is 6. The zero-order chi connectivity index (χ0) is 20.8. The second kappa shape index (κ2) is 9.24. The molecule has 0 unspecified atom stereocenters. The van der Waals surface area contributed by atoms with Gasteiger partial charge in [0.15, 0.2) is 0 Å². The summed E-state index contributed by atoms with van der Waals surface area (Å²) in [5.41, 5.74) is 2.20. The van der Waals surface area contributed by atoms with E-state index >= 15 is 0 Å². The lowest BCUT2D eigenvalue weighted by Gasteiger charge is -2.10. The fraction of sp³-hybridized carbons (Fsp3) is 0.0455. The van der Waals surface area contributed by atoms with Crippen LogP contribution in [0.3, 0.4) is 0 Å². The molecule has 0 saturated heterocycles. The average Bonchev–Trinajstić information content (AvgIpc) is 2.73. The molecule has 0 atom stereocenters. The van der Waals surface area contributed by atoms with E-state index in [1.807, 2.05) is 18.2 Å². The number of nitrogens with zero attached hydrogens (tertiary/aromatic N) is 2. The van der Waals surface area contributed by atoms with Crippen LogP contribution < -0.4 is 4.74 Å². The van der Waals surface area contributed by atoms with E-state index in [1.165, 1.54) is 12.1 Å². The number of nitriles is 1. The number of nitro groups is 1. The van der Waals surface area contributed by atoms with Gasteiger partial charge in [-0.1, -0.05) is 59.6 Å². The van der Waals surface area contributed by atoms with Crippen LogP contribution >= 0.6 is 23.2 Å². The molecule has 0 amide bonds. The fourth-order valence-corrected chi connectivity index (χ4v) is 2.97. The Morgan fingerprint density at radius 3 is 2.59 bits per heavy atom. The van der Waals surface area contributed by atoms with E-state index in [0.29, 0.717) is 32.5 Å². The Bertz CT molecular complexity index is 1140. The van der Waals surface area contributed by atoms with Gasteiger partial charge in [-0.2, -0.15) is 5.26 Å². The van der Waals surface area contributed by atoms with E-state index in [-0.39, 0.29) is 12.3 Å². The van der Waals surface area contributed by atoms with Gasteiger partial charge in [0, 0.05) is 17.7 Å². The maximum absolute atomic E-state index is 11.0. The summed E-state index contributed by atoms with van der Waals surface area (Å²) in [6.07, 6.45) is 1.64. The van der Waals surface area contributed by atoms with Gasteiger partial charge in [-0.3, -0.25) is 10.1 Å². The maximum atomic E-state index is 11.0. The first kappa shape index (κ1) is 20.4. The largest absolute Gasteiger partial charge is 0.488 e. The van der Waals surface area contributed by atoms with Gasteiger partial charge in [-0.25, -0.2) is 0 Å². The molecule has 0 radical (unpaired) electrons. The van der Waals surface area contributed by atoms with Gasteiger partial charge in [-0.05, 0) is 35.4 Å². The third kappa shape index (κ3) is 5.14. The molecule has 3 rings (SSSR count). The van der Waals surface area contributed by atoms with Crippen molar-refractivity contribution in [2.24, 2.45) is 0 Å². The molecule has 29 heavy (non-hydrogen) atoms. The average molecular weight is 425 g/mol. The fourth-order valence-electron chi connectivity index (χ4n) is 2.64. The lowest BCUT2D eigenvalue weighted by Crippen LogP contribution is -1.97. The molecule has 7 heteroatoms. The van der Waals surface area contributed by atoms with Crippen molar-refractivity contribution in [3.63, 3.8) is 0 Å². The first-order valence-electron chi connectivity index (χ1n) is 8.50. The van der Waals surface area contributed by atoms with Crippen molar-refractivity contribution in [2.45, 2.75) is 6.61 Å². The lowest BCUT2D eigenvalue weighted by molar-refractivity contribution is -0.384. The number of halogens is 2. The summed E-state index contributed by atoms with van der Waals surface area (Å²) < 4.78 is 5.90. The van der Waals surface area contributed by atoms with Crippen molar-refractivity contribution >= 4 is 40.5 Å². The molecule has 0 saturated carbocycles. The van der Waals surface area contributed by atoms with Gasteiger partial charge < -0.3 is 4.74 Å². The first-order valence-corrected chi connectivity index (χ1v) is 9.26. The normalized spacial score (nSPS) is 11.0. The number of ether oxygens (including phenoxy) is 1. The first-order chi connectivity index (χ1) is 14.0. The minimum Gasteiger partial charge on any atom is -0.488 e. The molecule has 0 fully saturated rings. The molecule has 0 aliphatic heterocycles. The lowest BCUT2D eigenvalue weighted by atomic mass is 10.0. The highest BCUT2D eigenvalue weighted by atomic mass is 35.5. The smallest absolute Gasteiger partial charge is 0.270 e. The van der Waals surface area contributed by atoms with Crippen LogP contribution in [0, 0.1) is 21.4 Å². The number of allylic oxidation sites excluding steroid dienone is 1. The molecule has 3 aromatic carbocycles. The third-order valence-corrected chi connectivity index (χ3v) is 4.82. The van der Waals surface area contributed by atoms with Crippen LogP contribution in [-0.4, -0.2) is 4.92 Å². The number of hydrogen-bond donors (Lipinski definition) is 0. The molecule has 5 nitrogen and oxygen atoms in total. The summed E-state index contributed by atoms with van der Waals surface area (Å²) in [6.45, 7) is 0.264. The van der Waals surface area contributed by atoms with Crippen LogP contribution in [0.1, 0.15) is 16.7 Å². The summed E-state index contributed by atoms with van der Waals surface area (Å²) in [5, 5.41) is 21.5. The van der Waals surface area contributed by atoms with Gasteiger partial charge >= 0.3 is 0 Å². The molecule has 0 aliphatic carbocycles. The van der Waals surface area contributed by atoms with E-state index in [0.717, 1.165) is 5.56 Å². The molecular formula is C22H14Cl2N2O3. The predicted octanol–water partition coefficient (Wildman–Crippen LogP) is 6.54. The van der Waals surface area contributed by atoms with Crippen molar-refractivity contribution < 1.29 is 9.66 Å². The van der Waals surface area contributed by atoms with Gasteiger partial charge in [-0.15, -0.1) is 0 Å². The molecule has 0 aliphatic rings. The Morgan fingerprint density at radius 1 is 1.07 bits per heavy atom. The quantitative estimate of drug-likeness (QED) is 0.194. The van der Waals surface area contributed by atoms with Crippen LogP contribution in [0.4, 0.5) is 5.69 Å². The standard InChI is InChI=1S/C22H14Cl2N2O3/c23-20-9-8-15(10-21(20)24)14-29-22-7-2-1-4-17(22)11-18(13-25)16-5-3-6-19(12-16)26(27)28/h1-12H,14H2/b18-11-. The monoisotopic (exact) mass is 424 g/mol. The molecule has 144 valence electrons. The SMILES string of the molecule is N#C/C(=C/c1ccccc1OCc1ccc(Cl)c(Cl)c1)c1cccc([N+](=O)[O-])c1. The number of para-hydroxylation sites is 1. The van der Waals surface area contributed by atoms with Gasteiger partial charge in [0.1, 0.15) is 12.4 Å². The van der Waals surface area contributed by atoms with E-state index in [2.05, 4.69) is 6.07 Å². The molecule has 0 heterocycles. The summed E-state index contributed by atoms with van der Waals surface area (Å²) in [7, 11) is 0. The van der Waals surface area contributed by atoms with Crippen LogP contribution in [0.15, 0.2) is 66.7 Å². The van der Waals surface area contributed by atoms with Crippen LogP contribution in [-0.2, 0) is 6.61 Å². The predicted molar refractivity (Wildman–Crippen MR) is 114 cm³/mol. The zero-order valence-electron chi connectivity index (χ0n) is 15.0. The maximum Gasteiger partial charge on any atom is 0.270 e. The summed E-state index contributed by atoms with van der Waals surface area (Å²) in [4.78, 5) is 10.5. The number of benzene rings is 3. The second-order valence-corrected chi connectivity index (χ2v) is 6.87. The highest BCUT2D eigenvalue weighted by Gasteiger charge is 2.10. The number of non-ortho nitro benzene ring substituents is 1. The Labute approximate surface area is 177 Å². The summed E-state index contributed by atoms with van der Waals surface area (Å²) in [5.74, 6) is 0.566. The molecule has 0 bridgehead atoms. The molecule has 3 aromatic rings. The third-order valence-electron chi connectivity index (χ3n) is 4.09. The van der Waals surface area contributed by atoms with Gasteiger partial charge in [0.05, 0.1) is 26.6 Å². The minimum atomic E-state index is -0.493. The van der Waals surface area contributed by atoms with Crippen LogP contribution in [0.2, 0.25) is 10.0 Å². The topological polar surface area (TPSA) is 76.2 Å². The van der Waals surface area contributed by atoms with Gasteiger partial charge in [0.25, 0.3) is 5.69 Å². The highest BCUT2D eigenvalue weighted by Crippen LogP contribution is 2.28. The van der Waals surface area contributed by atoms with E-state index in [4.69, 9.17) is 27.9 Å². The molecule has 0 N–H and O–H groups in total. The van der Waals surface area contributed by atoms with E-state index in [9.17, 15) is 15.4 Å². The van der Waals surface area contributed by atoms with Crippen molar-refractivity contribution in [3.8, 4) is 11.8 Å². The van der Waals surface area contributed by atoms with Crippen molar-refractivity contribution in [1.29, 1.82) is 5.26 Å². The van der Waals surface area contributed by atoms with Crippen molar-refractivity contribution in [2.75, 3.05) is 0 Å². The number of hydrogen-bond acceptors (Lipinski definition) is 4. The Hall–Kier alpha value is -3.33. The minimum absolute atomic E-state index is 0.0761. The highest BCUT2D eigenvalue weighted by molar-refractivity contribution is 6.42. The van der Waals surface area contributed by atoms with Crippen LogP contribution in [0.25, 0.3) is 11.6 Å². The second-order valence-electron chi connectivity index (χ2n) is 6.05. The molecular weight excluding hydrogens is 411 g/mol. The molecule has 0 spiro atoms. The Balaban J connectivity index is 1.89. The van der Waals surface area contributed by atoms with Crippen LogP contribution in [0.5, 0.6) is 5.75 Å². The summed E-state index contributed by atoms with van der Waals surface area (Å²) in [6, 6.07) is 20.5. The van der Waals surface area contributed by atoms with Crippen molar-refractivity contribution in [1.82, 2.24) is 0 Å². The Kier molecular flexibility index (Phi) is 6.50. The molecule has 0 aromatic heterocycles. The van der Waals surface area contributed by atoms with Gasteiger partial charge in [0.2, 0.25) is 0 Å². The van der Waals surface area contributed by atoms with E-state index in [1.54, 1.807) is 42.5 Å². The van der Waals surface area contributed by atoms with E-state index < -0.39 is 4.92 Å². The number of nitro benzene ring substituents is 1. The summed E-state index contributed by atoms with van der Waals surface area (Å²) >= 11 is 12.0.